The van der Waals surface area contributed by atoms with Crippen molar-refractivity contribution in [3.05, 3.63) is 12.2 Å². The van der Waals surface area contributed by atoms with Gasteiger partial charge in [0, 0.05) is 27.2 Å². The molecule has 1 saturated carbocycles. The molecule has 22 heavy (non-hydrogen) atoms. The van der Waals surface area contributed by atoms with E-state index in [2.05, 4.69) is 22.2 Å². The average Bonchev–Trinajstić information content (AvgIpc) is 2.97. The van der Waals surface area contributed by atoms with Crippen molar-refractivity contribution in [3.63, 3.8) is 0 Å². The van der Waals surface area contributed by atoms with E-state index in [0.717, 1.165) is 24.5 Å². The molecule has 0 aromatic rings. The number of hydrogen-bond acceptors (Lipinski definition) is 2. The Morgan fingerprint density at radius 3 is 2.55 bits per heavy atom. The van der Waals surface area contributed by atoms with Crippen LogP contribution in [0.4, 0.5) is 0 Å². The molecule has 0 spiro atoms. The first-order valence-corrected chi connectivity index (χ1v) is 8.35. The van der Waals surface area contributed by atoms with Gasteiger partial charge in [-0.15, -0.1) is 0 Å². The van der Waals surface area contributed by atoms with Gasteiger partial charge in [0.15, 0.2) is 5.96 Å². The second kappa shape index (κ2) is 10.2. The lowest BCUT2D eigenvalue weighted by Gasteiger charge is -2.14. The summed E-state index contributed by atoms with van der Waals surface area (Å²) in [5.74, 6) is 1.62. The second-order valence-electron chi connectivity index (χ2n) is 6.48. The molecule has 0 atom stereocenters. The van der Waals surface area contributed by atoms with Gasteiger partial charge in [-0.2, -0.15) is 0 Å². The predicted molar refractivity (Wildman–Crippen MR) is 93.0 cm³/mol. The SMILES string of the molecule is C=C(C)CNC(=NCC(=O)N(C)C)NCCCC1CCCC1. The molecule has 0 unspecified atom stereocenters. The average molecular weight is 308 g/mol. The number of amides is 1. The van der Waals surface area contributed by atoms with E-state index in [-0.39, 0.29) is 12.5 Å². The van der Waals surface area contributed by atoms with Crippen LogP contribution in [-0.2, 0) is 4.79 Å². The number of nitrogens with zero attached hydrogens (tertiary/aromatic N) is 2. The van der Waals surface area contributed by atoms with Crippen LogP contribution in [0.25, 0.3) is 0 Å². The van der Waals surface area contributed by atoms with Crippen LogP contribution in [-0.4, -0.2) is 50.5 Å². The van der Waals surface area contributed by atoms with Crippen LogP contribution in [0, 0.1) is 5.92 Å². The van der Waals surface area contributed by atoms with E-state index in [1.165, 1.54) is 32.1 Å². The molecule has 5 nitrogen and oxygen atoms in total. The molecule has 1 amide bonds. The predicted octanol–water partition coefficient (Wildman–Crippen LogP) is 2.16. The maximum atomic E-state index is 11.6. The molecule has 126 valence electrons. The van der Waals surface area contributed by atoms with Crippen molar-refractivity contribution in [1.29, 1.82) is 0 Å². The Morgan fingerprint density at radius 2 is 1.95 bits per heavy atom. The summed E-state index contributed by atoms with van der Waals surface area (Å²) in [6, 6.07) is 0. The van der Waals surface area contributed by atoms with Crippen LogP contribution < -0.4 is 10.6 Å². The van der Waals surface area contributed by atoms with Gasteiger partial charge in [0.05, 0.1) is 0 Å². The third-order valence-corrected chi connectivity index (χ3v) is 3.99. The Bertz CT molecular complexity index is 384. The largest absolute Gasteiger partial charge is 0.356 e. The molecule has 0 radical (unpaired) electrons. The Labute approximate surface area is 135 Å². The van der Waals surface area contributed by atoms with Crippen LogP contribution >= 0.6 is 0 Å². The normalized spacial score (nSPS) is 15.7. The second-order valence-corrected chi connectivity index (χ2v) is 6.48. The summed E-state index contributed by atoms with van der Waals surface area (Å²) in [5, 5.41) is 6.53. The van der Waals surface area contributed by atoms with Crippen LogP contribution in [0.2, 0.25) is 0 Å². The first-order chi connectivity index (χ1) is 10.5. The van der Waals surface area contributed by atoms with Gasteiger partial charge in [-0.3, -0.25) is 4.79 Å². The number of nitrogens with one attached hydrogen (secondary N) is 2. The van der Waals surface area contributed by atoms with Crippen molar-refractivity contribution in [3.8, 4) is 0 Å². The van der Waals surface area contributed by atoms with Gasteiger partial charge in [0.2, 0.25) is 5.91 Å². The fraction of sp³-hybridized carbons (Fsp3) is 0.765. The summed E-state index contributed by atoms with van der Waals surface area (Å²) in [6.45, 7) is 7.58. The fourth-order valence-corrected chi connectivity index (χ4v) is 2.59. The molecule has 0 aromatic heterocycles. The molecule has 1 rings (SSSR count). The van der Waals surface area contributed by atoms with Gasteiger partial charge >= 0.3 is 0 Å². The first-order valence-electron chi connectivity index (χ1n) is 8.35. The Balaban J connectivity index is 2.34. The zero-order chi connectivity index (χ0) is 16.4. The van der Waals surface area contributed by atoms with E-state index in [4.69, 9.17) is 0 Å². The highest BCUT2D eigenvalue weighted by Gasteiger charge is 2.14. The van der Waals surface area contributed by atoms with Crippen molar-refractivity contribution < 1.29 is 4.79 Å². The molecular weight excluding hydrogens is 276 g/mol. The first kappa shape index (κ1) is 18.5. The Morgan fingerprint density at radius 1 is 1.27 bits per heavy atom. The van der Waals surface area contributed by atoms with Gasteiger partial charge < -0.3 is 15.5 Å². The number of likely N-dealkylation sites (N-methyl/N-ethyl adjacent to an activating group) is 1. The van der Waals surface area contributed by atoms with E-state index in [1.807, 2.05) is 6.92 Å². The third-order valence-electron chi connectivity index (χ3n) is 3.99. The van der Waals surface area contributed by atoms with Gasteiger partial charge in [-0.25, -0.2) is 4.99 Å². The van der Waals surface area contributed by atoms with E-state index < -0.39 is 0 Å². The molecule has 1 fully saturated rings. The van der Waals surface area contributed by atoms with Crippen LogP contribution in [0.15, 0.2) is 17.1 Å². The summed E-state index contributed by atoms with van der Waals surface area (Å²) in [4.78, 5) is 17.5. The summed E-state index contributed by atoms with van der Waals surface area (Å²) in [7, 11) is 3.49. The zero-order valence-corrected chi connectivity index (χ0v) is 14.5. The lowest BCUT2D eigenvalue weighted by molar-refractivity contribution is -0.127. The van der Waals surface area contributed by atoms with Crippen molar-refractivity contribution in [2.24, 2.45) is 10.9 Å². The minimum atomic E-state index is 0.00220. The number of hydrogen-bond donors (Lipinski definition) is 2. The molecule has 0 aliphatic heterocycles. The topological polar surface area (TPSA) is 56.7 Å². The molecular formula is C17H32N4O. The van der Waals surface area contributed by atoms with Crippen molar-refractivity contribution >= 4 is 11.9 Å². The molecule has 2 N–H and O–H groups in total. The third kappa shape index (κ3) is 8.05. The lowest BCUT2D eigenvalue weighted by atomic mass is 10.0. The monoisotopic (exact) mass is 308 g/mol. The summed E-state index contributed by atoms with van der Waals surface area (Å²) in [6.07, 6.45) is 8.03. The van der Waals surface area contributed by atoms with Gasteiger partial charge in [-0.1, -0.05) is 37.8 Å². The highest BCUT2D eigenvalue weighted by atomic mass is 16.2. The van der Waals surface area contributed by atoms with Crippen molar-refractivity contribution in [1.82, 2.24) is 15.5 Å². The van der Waals surface area contributed by atoms with E-state index in [9.17, 15) is 4.79 Å². The quantitative estimate of drug-likeness (QED) is 0.313. The maximum Gasteiger partial charge on any atom is 0.243 e. The molecule has 0 bridgehead atoms. The summed E-state index contributed by atoms with van der Waals surface area (Å²) < 4.78 is 0. The van der Waals surface area contributed by atoms with Crippen molar-refractivity contribution in [2.45, 2.75) is 45.4 Å². The fourth-order valence-electron chi connectivity index (χ4n) is 2.59. The van der Waals surface area contributed by atoms with Crippen molar-refractivity contribution in [2.75, 3.05) is 33.7 Å². The standard InChI is InChI=1S/C17H32N4O/c1-14(2)12-19-17(20-13-16(22)21(3)4)18-11-7-10-15-8-5-6-9-15/h15H,1,5-13H2,2-4H3,(H2,18,19,20). The summed E-state index contributed by atoms with van der Waals surface area (Å²) in [5.41, 5.74) is 1.04. The van der Waals surface area contributed by atoms with Gasteiger partial charge in [0.25, 0.3) is 0 Å². The number of carbonyl (C=O) groups excluding carboxylic acids is 1. The number of rotatable bonds is 8. The molecule has 0 aromatic carbocycles. The zero-order valence-electron chi connectivity index (χ0n) is 14.5. The lowest BCUT2D eigenvalue weighted by Crippen LogP contribution is -2.39. The molecule has 1 aliphatic rings. The Hall–Kier alpha value is -1.52. The van der Waals surface area contributed by atoms with Gasteiger partial charge in [0.1, 0.15) is 6.54 Å². The van der Waals surface area contributed by atoms with Crippen LogP contribution in [0.5, 0.6) is 0 Å². The number of carbonyl (C=O) groups is 1. The molecule has 0 saturated heterocycles. The van der Waals surface area contributed by atoms with E-state index >= 15 is 0 Å². The van der Waals surface area contributed by atoms with E-state index in [1.54, 1.807) is 19.0 Å². The highest BCUT2D eigenvalue weighted by molar-refractivity contribution is 5.84. The van der Waals surface area contributed by atoms with Crippen LogP contribution in [0.3, 0.4) is 0 Å². The van der Waals surface area contributed by atoms with Gasteiger partial charge in [-0.05, 0) is 25.7 Å². The Kier molecular flexibility index (Phi) is 8.63. The minimum Gasteiger partial charge on any atom is -0.356 e. The molecule has 0 heterocycles. The summed E-state index contributed by atoms with van der Waals surface area (Å²) >= 11 is 0. The van der Waals surface area contributed by atoms with Crippen LogP contribution in [0.1, 0.15) is 45.4 Å². The smallest absolute Gasteiger partial charge is 0.243 e. The van der Waals surface area contributed by atoms with E-state index in [0.29, 0.717) is 12.5 Å². The highest BCUT2D eigenvalue weighted by Crippen LogP contribution is 2.28. The maximum absolute atomic E-state index is 11.6. The molecule has 1 aliphatic carbocycles. The number of aliphatic imine (C=N–C) groups is 1. The minimum absolute atomic E-state index is 0.00220. The molecule has 5 heteroatoms. The number of guanidine groups is 1.